The summed E-state index contributed by atoms with van der Waals surface area (Å²) in [5, 5.41) is 15.7. The summed E-state index contributed by atoms with van der Waals surface area (Å²) in [4.78, 5) is 25.5. The molecule has 0 aliphatic carbocycles. The van der Waals surface area contributed by atoms with Crippen LogP contribution in [-0.4, -0.2) is 37.2 Å². The minimum absolute atomic E-state index is 0.0154. The molecule has 3 aromatic rings. The highest BCUT2D eigenvalue weighted by Gasteiger charge is 2.23. The maximum atomic E-state index is 12.3. The number of nitrogens with zero attached hydrogens (tertiary/aromatic N) is 5. The molecule has 0 unspecified atom stereocenters. The van der Waals surface area contributed by atoms with Crippen molar-refractivity contribution >= 4 is 11.8 Å². The standard InChI is InChI=1S/C17H19N7O3/c1-10(2)15-14(11(3)22-27-15)17(26)20-18-13(25)9-24-21-16(19-23-24)12-7-5-4-6-8-12/h4-8,10H,9H2,1-3H3,(H,18,25)(H,20,26). The molecule has 0 bridgehead atoms. The first-order valence-electron chi connectivity index (χ1n) is 8.34. The van der Waals surface area contributed by atoms with E-state index >= 15 is 0 Å². The first kappa shape index (κ1) is 18.2. The Hall–Kier alpha value is -3.56. The smallest absolute Gasteiger partial charge is 0.275 e. The molecule has 27 heavy (non-hydrogen) atoms. The molecular formula is C17H19N7O3. The second-order valence-electron chi connectivity index (χ2n) is 6.17. The van der Waals surface area contributed by atoms with Crippen LogP contribution in [-0.2, 0) is 11.3 Å². The summed E-state index contributed by atoms with van der Waals surface area (Å²) >= 11 is 0. The van der Waals surface area contributed by atoms with Gasteiger partial charge in [-0.15, -0.1) is 10.2 Å². The van der Waals surface area contributed by atoms with E-state index in [-0.39, 0.29) is 12.5 Å². The molecule has 2 N–H and O–H groups in total. The summed E-state index contributed by atoms with van der Waals surface area (Å²) in [5.74, 6) is -0.139. The van der Waals surface area contributed by atoms with Gasteiger partial charge >= 0.3 is 0 Å². The number of aryl methyl sites for hydroxylation is 1. The normalized spacial score (nSPS) is 10.8. The molecule has 0 aliphatic rings. The van der Waals surface area contributed by atoms with Crippen LogP contribution in [0.5, 0.6) is 0 Å². The van der Waals surface area contributed by atoms with Gasteiger partial charge in [0, 0.05) is 11.5 Å². The van der Waals surface area contributed by atoms with Crippen molar-refractivity contribution in [1.29, 1.82) is 0 Å². The minimum Gasteiger partial charge on any atom is -0.360 e. The Labute approximate surface area is 154 Å². The van der Waals surface area contributed by atoms with Gasteiger partial charge in [-0.25, -0.2) is 0 Å². The monoisotopic (exact) mass is 369 g/mol. The fourth-order valence-electron chi connectivity index (χ4n) is 2.43. The predicted octanol–water partition coefficient (Wildman–Crippen LogP) is 1.22. The number of aromatic nitrogens is 5. The number of hydrogen-bond acceptors (Lipinski definition) is 7. The highest BCUT2D eigenvalue weighted by molar-refractivity contribution is 5.97. The Morgan fingerprint density at radius 3 is 2.63 bits per heavy atom. The van der Waals surface area contributed by atoms with Crippen molar-refractivity contribution < 1.29 is 14.1 Å². The van der Waals surface area contributed by atoms with Crippen LogP contribution in [0.15, 0.2) is 34.9 Å². The van der Waals surface area contributed by atoms with Gasteiger partial charge in [0.1, 0.15) is 12.1 Å². The highest BCUT2D eigenvalue weighted by Crippen LogP contribution is 2.21. The Morgan fingerprint density at radius 2 is 1.93 bits per heavy atom. The quantitative estimate of drug-likeness (QED) is 0.647. The van der Waals surface area contributed by atoms with Crippen LogP contribution in [0, 0.1) is 6.92 Å². The number of benzene rings is 1. The Morgan fingerprint density at radius 1 is 1.19 bits per heavy atom. The summed E-state index contributed by atoms with van der Waals surface area (Å²) in [6.07, 6.45) is 0. The Kier molecular flexibility index (Phi) is 5.25. The maximum Gasteiger partial charge on any atom is 0.275 e. The lowest BCUT2D eigenvalue weighted by atomic mass is 10.1. The van der Waals surface area contributed by atoms with Crippen molar-refractivity contribution in [3.05, 3.63) is 47.3 Å². The molecule has 0 saturated heterocycles. The van der Waals surface area contributed by atoms with E-state index in [4.69, 9.17) is 4.52 Å². The zero-order valence-electron chi connectivity index (χ0n) is 15.1. The summed E-state index contributed by atoms with van der Waals surface area (Å²) in [5.41, 5.74) is 6.24. The van der Waals surface area contributed by atoms with Crippen molar-refractivity contribution in [2.45, 2.75) is 33.2 Å². The molecule has 0 fully saturated rings. The molecule has 1 aromatic carbocycles. The minimum atomic E-state index is -0.499. The summed E-state index contributed by atoms with van der Waals surface area (Å²) in [6, 6.07) is 9.28. The molecule has 140 valence electrons. The van der Waals surface area contributed by atoms with E-state index in [2.05, 4.69) is 31.4 Å². The lowest BCUT2D eigenvalue weighted by molar-refractivity contribution is -0.122. The van der Waals surface area contributed by atoms with Crippen LogP contribution in [0.4, 0.5) is 0 Å². The lowest BCUT2D eigenvalue weighted by Gasteiger charge is -2.08. The lowest BCUT2D eigenvalue weighted by Crippen LogP contribution is -2.43. The van der Waals surface area contributed by atoms with Gasteiger partial charge in [-0.1, -0.05) is 49.3 Å². The number of rotatable bonds is 5. The van der Waals surface area contributed by atoms with E-state index in [1.165, 1.54) is 0 Å². The van der Waals surface area contributed by atoms with Crippen LogP contribution in [0.2, 0.25) is 0 Å². The fourth-order valence-corrected chi connectivity index (χ4v) is 2.43. The van der Waals surface area contributed by atoms with Crippen molar-refractivity contribution in [1.82, 2.24) is 36.2 Å². The van der Waals surface area contributed by atoms with Crippen LogP contribution in [0.3, 0.4) is 0 Å². The van der Waals surface area contributed by atoms with Crippen LogP contribution >= 0.6 is 0 Å². The van der Waals surface area contributed by atoms with Crippen molar-refractivity contribution in [2.24, 2.45) is 0 Å². The number of carbonyl (C=O) groups excluding carboxylic acids is 2. The van der Waals surface area contributed by atoms with Gasteiger partial charge in [0.15, 0.2) is 5.76 Å². The third-order valence-electron chi connectivity index (χ3n) is 3.73. The molecule has 10 nitrogen and oxygen atoms in total. The van der Waals surface area contributed by atoms with E-state index in [0.29, 0.717) is 22.8 Å². The largest absolute Gasteiger partial charge is 0.360 e. The second-order valence-corrected chi connectivity index (χ2v) is 6.17. The molecule has 0 atom stereocenters. The molecule has 2 heterocycles. The van der Waals surface area contributed by atoms with Gasteiger partial charge < -0.3 is 4.52 Å². The zero-order valence-corrected chi connectivity index (χ0v) is 15.1. The van der Waals surface area contributed by atoms with Crippen molar-refractivity contribution in [3.63, 3.8) is 0 Å². The molecule has 10 heteroatoms. The molecule has 0 aliphatic heterocycles. The maximum absolute atomic E-state index is 12.3. The Balaban J connectivity index is 1.58. The van der Waals surface area contributed by atoms with Gasteiger partial charge in [0.05, 0.1) is 5.69 Å². The molecule has 3 rings (SSSR count). The van der Waals surface area contributed by atoms with Gasteiger partial charge in [-0.3, -0.25) is 20.4 Å². The van der Waals surface area contributed by atoms with Crippen LogP contribution < -0.4 is 10.9 Å². The predicted molar refractivity (Wildman–Crippen MR) is 94.2 cm³/mol. The summed E-state index contributed by atoms with van der Waals surface area (Å²) in [6.45, 7) is 5.24. The first-order chi connectivity index (χ1) is 13.0. The third kappa shape index (κ3) is 4.17. The van der Waals surface area contributed by atoms with E-state index in [1.807, 2.05) is 44.2 Å². The molecule has 0 radical (unpaired) electrons. The number of hydrazine groups is 1. The van der Waals surface area contributed by atoms with Gasteiger partial charge in [-0.2, -0.15) is 4.80 Å². The van der Waals surface area contributed by atoms with Gasteiger partial charge in [0.2, 0.25) is 5.82 Å². The molecule has 0 spiro atoms. The van der Waals surface area contributed by atoms with E-state index in [0.717, 1.165) is 10.4 Å². The van der Waals surface area contributed by atoms with E-state index < -0.39 is 11.8 Å². The van der Waals surface area contributed by atoms with Crippen molar-refractivity contribution in [3.8, 4) is 11.4 Å². The number of nitrogens with one attached hydrogen (secondary N) is 2. The molecule has 0 saturated carbocycles. The van der Waals surface area contributed by atoms with E-state index in [1.54, 1.807) is 6.92 Å². The molecule has 2 aromatic heterocycles. The highest BCUT2D eigenvalue weighted by atomic mass is 16.5. The zero-order chi connectivity index (χ0) is 19.4. The van der Waals surface area contributed by atoms with Gasteiger partial charge in [-0.05, 0) is 12.1 Å². The number of carbonyl (C=O) groups is 2. The van der Waals surface area contributed by atoms with Crippen LogP contribution in [0.1, 0.15) is 41.6 Å². The third-order valence-corrected chi connectivity index (χ3v) is 3.73. The van der Waals surface area contributed by atoms with E-state index in [9.17, 15) is 9.59 Å². The summed E-state index contributed by atoms with van der Waals surface area (Å²) in [7, 11) is 0. The average molecular weight is 369 g/mol. The molecular weight excluding hydrogens is 350 g/mol. The Bertz CT molecular complexity index is 947. The SMILES string of the molecule is Cc1noc(C(C)C)c1C(=O)NNC(=O)Cn1nnc(-c2ccccc2)n1. The van der Waals surface area contributed by atoms with Gasteiger partial charge in [0.25, 0.3) is 11.8 Å². The van der Waals surface area contributed by atoms with Crippen LogP contribution in [0.25, 0.3) is 11.4 Å². The average Bonchev–Trinajstić information content (AvgIpc) is 3.27. The topological polar surface area (TPSA) is 128 Å². The number of tetrazole rings is 1. The summed E-state index contributed by atoms with van der Waals surface area (Å²) < 4.78 is 5.17. The second kappa shape index (κ2) is 7.77. The fraction of sp³-hybridized carbons (Fsp3) is 0.294. The van der Waals surface area contributed by atoms with Crippen molar-refractivity contribution in [2.75, 3.05) is 0 Å². The number of hydrogen-bond donors (Lipinski definition) is 2. The first-order valence-corrected chi connectivity index (χ1v) is 8.34. The molecule has 2 amide bonds. The number of amides is 2.